The second kappa shape index (κ2) is 13.0. The van der Waals surface area contributed by atoms with E-state index in [4.69, 9.17) is 33.5 Å². The fraction of sp³-hybridized carbons (Fsp3) is 0.273. The molecule has 1 aromatic heterocycles. The molecule has 0 spiro atoms. The van der Waals surface area contributed by atoms with Gasteiger partial charge in [-0.3, -0.25) is 4.79 Å². The molecule has 170 valence electrons. The van der Waals surface area contributed by atoms with Gasteiger partial charge in [0, 0.05) is 27.5 Å². The van der Waals surface area contributed by atoms with Crippen LogP contribution in [0.15, 0.2) is 59.3 Å². The number of ether oxygens (including phenoxy) is 1. The molecule has 10 heteroatoms. The van der Waals surface area contributed by atoms with Crippen molar-refractivity contribution in [1.29, 1.82) is 0 Å². The lowest BCUT2D eigenvalue weighted by Crippen LogP contribution is -2.12. The summed E-state index contributed by atoms with van der Waals surface area (Å²) >= 11 is 8.05. The normalized spacial score (nSPS) is 11.2. The van der Waals surface area contributed by atoms with Crippen molar-refractivity contribution in [3.05, 3.63) is 76.5 Å². The number of hydrogen-bond donors (Lipinski definition) is 0. The van der Waals surface area contributed by atoms with Crippen LogP contribution in [0.4, 0.5) is 0 Å². The highest BCUT2D eigenvalue weighted by atomic mass is 35.5. The van der Waals surface area contributed by atoms with E-state index < -0.39 is 16.7 Å². The number of carbonyl (C=O) groups excluding carboxylic acids is 1. The van der Waals surface area contributed by atoms with Gasteiger partial charge in [-0.15, -0.1) is 12.6 Å². The molecule has 3 aromatic rings. The Balaban J connectivity index is 0.000000837. The van der Waals surface area contributed by atoms with Crippen molar-refractivity contribution in [2.45, 2.75) is 32.1 Å². The van der Waals surface area contributed by atoms with Gasteiger partial charge in [0.2, 0.25) is 0 Å². The highest BCUT2D eigenvalue weighted by Gasteiger charge is 2.18. The third kappa shape index (κ3) is 8.14. The average molecular weight is 496 g/mol. The lowest BCUT2D eigenvalue weighted by atomic mass is 10.0. The fourth-order valence-corrected chi connectivity index (χ4v) is 3.78. The minimum atomic E-state index is -3.11. The molecule has 0 fully saturated rings. The number of rotatable bonds is 8. The minimum Gasteiger partial charge on any atom is -0.457 e. The molecule has 0 aliphatic heterocycles. The topological polar surface area (TPSA) is 104 Å². The van der Waals surface area contributed by atoms with Gasteiger partial charge >= 0.3 is 16.6 Å². The summed E-state index contributed by atoms with van der Waals surface area (Å²) < 4.78 is 36.0. The quantitative estimate of drug-likeness (QED) is 0.398. The summed E-state index contributed by atoms with van der Waals surface area (Å²) in [7, 11) is -3.11. The molecule has 1 unspecified atom stereocenters. The van der Waals surface area contributed by atoms with Crippen LogP contribution in [0.1, 0.15) is 36.6 Å². The van der Waals surface area contributed by atoms with Gasteiger partial charge in [0.1, 0.15) is 18.1 Å². The first kappa shape index (κ1) is 25.6. The van der Waals surface area contributed by atoms with Gasteiger partial charge in [-0.1, -0.05) is 66.1 Å². The number of thioether (sulfide) groups is 1. The zero-order valence-electron chi connectivity index (χ0n) is 17.5. The molecule has 0 aliphatic rings. The van der Waals surface area contributed by atoms with Crippen LogP contribution in [0.5, 0.6) is 0 Å². The third-order valence-corrected chi connectivity index (χ3v) is 5.62. The van der Waals surface area contributed by atoms with Crippen LogP contribution in [0.3, 0.4) is 0 Å². The predicted molar refractivity (Wildman–Crippen MR) is 123 cm³/mol. The molecule has 32 heavy (non-hydrogen) atoms. The van der Waals surface area contributed by atoms with E-state index in [1.807, 2.05) is 42.1 Å². The molecule has 0 saturated heterocycles. The number of hydrogen-bond acceptors (Lipinski definition) is 8. The molecule has 1 heterocycles. The Labute approximate surface area is 197 Å². The van der Waals surface area contributed by atoms with Gasteiger partial charge in [-0.05, 0) is 24.3 Å². The predicted octanol–water partition coefficient (Wildman–Crippen LogP) is 5.09. The maximum absolute atomic E-state index is 12.4. The lowest BCUT2D eigenvalue weighted by Gasteiger charge is -2.14. The summed E-state index contributed by atoms with van der Waals surface area (Å²) in [5.41, 5.74) is 4.32. The zero-order valence-corrected chi connectivity index (χ0v) is 19.9. The molecule has 0 radical (unpaired) electrons. The Kier molecular flexibility index (Phi) is 10.5. The molecular formula is C22H22ClNO6S2. The summed E-state index contributed by atoms with van der Waals surface area (Å²) in [6.07, 6.45) is 1.15. The zero-order chi connectivity index (χ0) is 23.5. The molecular weight excluding hydrogens is 474 g/mol. The first-order valence-electron chi connectivity index (χ1n) is 9.62. The first-order valence-corrected chi connectivity index (χ1v) is 12.2. The molecule has 0 saturated carbocycles. The summed E-state index contributed by atoms with van der Waals surface area (Å²) in [4.78, 5) is 12.4. The SMILES string of the molecule is CCSCc1ccc(-c2nocc2CC(=O)OC(C)c2ccccc2Cl)cc1.O=S(=O)=O. The third-order valence-electron chi connectivity index (χ3n) is 4.33. The Morgan fingerprint density at radius 3 is 2.44 bits per heavy atom. The molecule has 2 aromatic carbocycles. The van der Waals surface area contributed by atoms with Gasteiger partial charge in [0.15, 0.2) is 0 Å². The van der Waals surface area contributed by atoms with E-state index in [0.717, 1.165) is 22.6 Å². The summed E-state index contributed by atoms with van der Waals surface area (Å²) in [5, 5.41) is 4.65. The largest absolute Gasteiger partial charge is 0.457 e. The summed E-state index contributed by atoms with van der Waals surface area (Å²) in [6, 6.07) is 15.5. The van der Waals surface area contributed by atoms with Crippen LogP contribution >= 0.6 is 23.4 Å². The number of aromatic nitrogens is 1. The smallest absolute Gasteiger partial charge is 0.425 e. The van der Waals surface area contributed by atoms with Crippen LogP contribution < -0.4 is 0 Å². The molecule has 0 N–H and O–H groups in total. The van der Waals surface area contributed by atoms with Crippen molar-refractivity contribution in [2.24, 2.45) is 0 Å². The van der Waals surface area contributed by atoms with Crippen molar-refractivity contribution in [3.63, 3.8) is 0 Å². The number of nitrogens with zero attached hydrogens (tertiary/aromatic N) is 1. The monoisotopic (exact) mass is 495 g/mol. The van der Waals surface area contributed by atoms with E-state index in [9.17, 15) is 4.79 Å². The van der Waals surface area contributed by atoms with E-state index in [1.54, 1.807) is 13.0 Å². The van der Waals surface area contributed by atoms with Crippen molar-refractivity contribution >= 4 is 39.9 Å². The maximum atomic E-state index is 12.4. The van der Waals surface area contributed by atoms with Crippen LogP contribution in [0, 0.1) is 0 Å². The second-order valence-corrected chi connectivity index (χ2v) is 8.65. The van der Waals surface area contributed by atoms with Crippen molar-refractivity contribution in [2.75, 3.05) is 5.75 Å². The van der Waals surface area contributed by atoms with Crippen LogP contribution in [-0.2, 0) is 32.3 Å². The minimum absolute atomic E-state index is 0.0844. The van der Waals surface area contributed by atoms with E-state index in [-0.39, 0.29) is 12.4 Å². The average Bonchev–Trinajstić information content (AvgIpc) is 3.20. The van der Waals surface area contributed by atoms with Crippen LogP contribution in [-0.4, -0.2) is 29.5 Å². The molecule has 1 atom stereocenters. The van der Waals surface area contributed by atoms with Crippen LogP contribution in [0.2, 0.25) is 5.02 Å². The van der Waals surface area contributed by atoms with Crippen LogP contribution in [0.25, 0.3) is 11.3 Å². The molecule has 0 aliphatic carbocycles. The molecule has 0 amide bonds. The van der Waals surface area contributed by atoms with Crippen molar-refractivity contribution in [1.82, 2.24) is 5.16 Å². The number of halogens is 1. The van der Waals surface area contributed by atoms with Crippen molar-refractivity contribution in [3.8, 4) is 11.3 Å². The van der Waals surface area contributed by atoms with E-state index in [1.165, 1.54) is 11.8 Å². The molecule has 3 rings (SSSR count). The summed E-state index contributed by atoms with van der Waals surface area (Å²) in [6.45, 7) is 3.95. The van der Waals surface area contributed by atoms with Gasteiger partial charge < -0.3 is 9.26 Å². The Morgan fingerprint density at radius 2 is 1.81 bits per heavy atom. The van der Waals surface area contributed by atoms with E-state index >= 15 is 0 Å². The second-order valence-electron chi connectivity index (χ2n) is 6.56. The highest BCUT2D eigenvalue weighted by Crippen LogP contribution is 2.27. The number of esters is 1. The highest BCUT2D eigenvalue weighted by molar-refractivity contribution is 7.98. The Bertz CT molecular complexity index is 1120. The number of carbonyl (C=O) groups is 1. The van der Waals surface area contributed by atoms with Gasteiger partial charge in [0.25, 0.3) is 0 Å². The van der Waals surface area contributed by atoms with Crippen molar-refractivity contribution < 1.29 is 26.7 Å². The first-order chi connectivity index (χ1) is 15.3. The van der Waals surface area contributed by atoms with Gasteiger partial charge in [-0.2, -0.15) is 11.8 Å². The lowest BCUT2D eigenvalue weighted by molar-refractivity contribution is -0.147. The summed E-state index contributed by atoms with van der Waals surface area (Å²) in [5.74, 6) is 1.71. The van der Waals surface area contributed by atoms with E-state index in [2.05, 4.69) is 24.2 Å². The van der Waals surface area contributed by atoms with E-state index in [0.29, 0.717) is 16.3 Å². The Hall–Kier alpha value is -2.62. The Morgan fingerprint density at radius 1 is 1.16 bits per heavy atom. The maximum Gasteiger partial charge on any atom is 0.425 e. The van der Waals surface area contributed by atoms with Gasteiger partial charge in [0.05, 0.1) is 6.42 Å². The van der Waals surface area contributed by atoms with Gasteiger partial charge in [-0.25, -0.2) is 0 Å². The number of benzene rings is 2. The molecule has 0 bridgehead atoms. The molecule has 7 nitrogen and oxygen atoms in total. The fourth-order valence-electron chi connectivity index (χ4n) is 2.86. The standard InChI is InChI=1S/C22H22ClNO3S.O3S/c1-3-28-14-16-8-10-17(11-9-16)22-18(13-26-24-22)12-21(25)27-15(2)19-6-4-5-7-20(19)23;1-4(2)3/h4-11,13,15H,3,12,14H2,1-2H3;.